The molecule has 214 valence electrons. The summed E-state index contributed by atoms with van der Waals surface area (Å²) in [5.41, 5.74) is -3.58. The molecule has 0 bridgehead atoms. The van der Waals surface area contributed by atoms with Gasteiger partial charge in [-0.1, -0.05) is 36.0 Å². The first kappa shape index (κ1) is 30.1. The molecular weight excluding hydrogens is 592 g/mol. The van der Waals surface area contributed by atoms with Crippen LogP contribution in [0, 0.1) is 12.3 Å². The Morgan fingerprint density at radius 1 is 1.20 bits per heavy atom. The first-order valence-corrected chi connectivity index (χ1v) is 14.6. The molecule has 2 heterocycles. The number of H-pyrrole nitrogens is 1. The molecule has 1 aliphatic heterocycles. The van der Waals surface area contributed by atoms with Crippen molar-refractivity contribution >= 4 is 43.9 Å². The fourth-order valence-corrected chi connectivity index (χ4v) is 6.43. The van der Waals surface area contributed by atoms with E-state index in [2.05, 4.69) is 16.2 Å². The second-order valence-electron chi connectivity index (χ2n) is 9.42. The molecule has 0 radical (unpaired) electrons. The maximum absolute atomic E-state index is 14.2. The molecule has 1 unspecified atom stereocenters. The van der Waals surface area contributed by atoms with Crippen molar-refractivity contribution in [3.63, 3.8) is 0 Å². The van der Waals surface area contributed by atoms with E-state index in [4.69, 9.17) is 29.6 Å². The van der Waals surface area contributed by atoms with E-state index in [1.54, 1.807) is 4.90 Å². The lowest BCUT2D eigenvalue weighted by Gasteiger charge is -2.22. The van der Waals surface area contributed by atoms with Gasteiger partial charge in [-0.05, 0) is 41.8 Å². The van der Waals surface area contributed by atoms with Crippen molar-refractivity contribution in [2.24, 2.45) is 0 Å². The molecule has 8 nitrogen and oxygen atoms in total. The Balaban J connectivity index is 1.83. The number of benzene rings is 2. The third-order valence-electron chi connectivity index (χ3n) is 6.84. The van der Waals surface area contributed by atoms with Crippen molar-refractivity contribution in [1.29, 1.82) is 0 Å². The van der Waals surface area contributed by atoms with Gasteiger partial charge >= 0.3 is 11.9 Å². The van der Waals surface area contributed by atoms with Gasteiger partial charge in [-0.2, -0.15) is 13.2 Å². The predicted molar refractivity (Wildman–Crippen MR) is 148 cm³/mol. The summed E-state index contributed by atoms with van der Waals surface area (Å²) in [4.78, 5) is 30.5. The van der Waals surface area contributed by atoms with E-state index < -0.39 is 44.8 Å². The first-order chi connectivity index (χ1) is 18.8. The number of terminal acetylenes is 1. The Morgan fingerprint density at radius 3 is 2.58 bits per heavy atom. The Bertz CT molecular complexity index is 1730. The molecule has 0 amide bonds. The minimum absolute atomic E-state index is 0.00420. The number of halogens is 5. The first-order valence-electron chi connectivity index (χ1n) is 12.2. The lowest BCUT2D eigenvalue weighted by Crippen LogP contribution is -2.36. The molecule has 40 heavy (non-hydrogen) atoms. The fraction of sp³-hybridized carbons (Fsp3) is 0.385. The van der Waals surface area contributed by atoms with E-state index in [0.29, 0.717) is 36.7 Å². The monoisotopic (exact) mass is 616 g/mol. The number of aromatic nitrogens is 2. The van der Waals surface area contributed by atoms with Crippen LogP contribution in [0.1, 0.15) is 30.0 Å². The smallest absolute Gasteiger partial charge is 0.305 e. The zero-order valence-corrected chi connectivity index (χ0v) is 23.6. The number of nitrogens with one attached hydrogen (secondary N) is 2. The summed E-state index contributed by atoms with van der Waals surface area (Å²) in [5.74, 6) is 2.21. The molecule has 3 aromatic rings. The van der Waals surface area contributed by atoms with Gasteiger partial charge < -0.3 is 10.3 Å². The Hall–Kier alpha value is -2.82. The summed E-state index contributed by atoms with van der Waals surface area (Å²) >= 11 is 12.5. The number of hydrogen-bond donors (Lipinski definition) is 2. The summed E-state index contributed by atoms with van der Waals surface area (Å²) in [7, 11) is -3.77. The highest BCUT2D eigenvalue weighted by molar-refractivity contribution is 7.91. The van der Waals surface area contributed by atoms with Gasteiger partial charge in [0.05, 0.1) is 45.2 Å². The van der Waals surface area contributed by atoms with Crippen LogP contribution in [0.15, 0.2) is 38.8 Å². The molecular formula is C26H25Cl2F3N4O4S. The quantitative estimate of drug-likeness (QED) is 0.374. The second kappa shape index (κ2) is 11.6. The average Bonchev–Trinajstić information content (AvgIpc) is 3.33. The van der Waals surface area contributed by atoms with Crippen molar-refractivity contribution in [1.82, 2.24) is 19.8 Å². The summed E-state index contributed by atoms with van der Waals surface area (Å²) in [6.45, 7) is 1.99. The lowest BCUT2D eigenvalue weighted by atomic mass is 10.0. The highest BCUT2D eigenvalue weighted by Crippen LogP contribution is 2.39. The third-order valence-corrected chi connectivity index (χ3v) is 9.32. The summed E-state index contributed by atoms with van der Waals surface area (Å²) in [6.07, 6.45) is 1.09. The number of rotatable bonds is 8. The number of sulfone groups is 1. The highest BCUT2D eigenvalue weighted by atomic mass is 35.5. The van der Waals surface area contributed by atoms with Gasteiger partial charge in [-0.3, -0.25) is 14.3 Å². The molecule has 1 fully saturated rings. The normalized spacial score (nSPS) is 16.5. The molecule has 1 aliphatic rings. The van der Waals surface area contributed by atoms with E-state index in [1.165, 1.54) is 25.1 Å². The molecule has 2 N–H and O–H groups in total. The van der Waals surface area contributed by atoms with Gasteiger partial charge in [-0.25, -0.2) is 13.2 Å². The zero-order chi connectivity index (χ0) is 29.4. The Kier molecular flexibility index (Phi) is 8.73. The van der Waals surface area contributed by atoms with Crippen LogP contribution in [0.3, 0.4) is 0 Å². The van der Waals surface area contributed by atoms with Crippen molar-refractivity contribution in [3.8, 4) is 12.3 Å². The van der Waals surface area contributed by atoms with Gasteiger partial charge in [-0.15, -0.1) is 6.42 Å². The Morgan fingerprint density at radius 2 is 1.93 bits per heavy atom. The number of alkyl halides is 3. The van der Waals surface area contributed by atoms with Crippen molar-refractivity contribution in [3.05, 3.63) is 71.8 Å². The predicted octanol–water partition coefficient (Wildman–Crippen LogP) is 3.65. The SMILES string of the molecule is C#CCNC1CCN(Cc2c(C(F)(F)F)cc3c(=O)n(Cc4cc(Cl)ccc4S(=O)(=O)CC)c(=O)[nH]c3c2Cl)C1. The molecule has 1 atom stereocenters. The van der Waals surface area contributed by atoms with Crippen LogP contribution >= 0.6 is 23.2 Å². The van der Waals surface area contributed by atoms with Crippen molar-refractivity contribution < 1.29 is 21.6 Å². The fourth-order valence-electron chi connectivity index (χ4n) is 4.82. The number of likely N-dealkylation sites (tertiary alicyclic amines) is 1. The minimum Gasteiger partial charge on any atom is -0.305 e. The van der Waals surface area contributed by atoms with Crippen LogP contribution in [-0.2, 0) is 29.1 Å². The maximum atomic E-state index is 14.2. The molecule has 1 saturated heterocycles. The number of fused-ring (bicyclic) bond motifs is 1. The topological polar surface area (TPSA) is 104 Å². The number of hydrogen-bond acceptors (Lipinski definition) is 6. The summed E-state index contributed by atoms with van der Waals surface area (Å²) in [6, 6.07) is 4.58. The minimum atomic E-state index is -4.85. The van der Waals surface area contributed by atoms with Crippen LogP contribution in [0.5, 0.6) is 0 Å². The third kappa shape index (κ3) is 6.09. The van der Waals surface area contributed by atoms with Crippen LogP contribution in [-0.4, -0.2) is 54.3 Å². The number of aromatic amines is 1. The van der Waals surface area contributed by atoms with Gasteiger partial charge in [0.25, 0.3) is 5.56 Å². The van der Waals surface area contributed by atoms with E-state index in [-0.39, 0.29) is 49.9 Å². The van der Waals surface area contributed by atoms with Crippen LogP contribution < -0.4 is 16.6 Å². The molecule has 4 rings (SSSR count). The van der Waals surface area contributed by atoms with E-state index >= 15 is 0 Å². The van der Waals surface area contributed by atoms with Crippen molar-refractivity contribution in [2.45, 2.75) is 43.5 Å². The summed E-state index contributed by atoms with van der Waals surface area (Å²) in [5, 5.41) is 2.43. The van der Waals surface area contributed by atoms with Gasteiger partial charge in [0.2, 0.25) is 0 Å². The summed E-state index contributed by atoms with van der Waals surface area (Å²) < 4.78 is 68.5. The molecule has 14 heteroatoms. The van der Waals surface area contributed by atoms with Crippen LogP contribution in [0.4, 0.5) is 13.2 Å². The van der Waals surface area contributed by atoms with E-state index in [9.17, 15) is 31.2 Å². The lowest BCUT2D eigenvalue weighted by molar-refractivity contribution is -0.138. The molecule has 0 aliphatic carbocycles. The molecule has 0 saturated carbocycles. The van der Waals surface area contributed by atoms with E-state index in [1.807, 2.05) is 0 Å². The van der Waals surface area contributed by atoms with Gasteiger partial charge in [0.15, 0.2) is 9.84 Å². The van der Waals surface area contributed by atoms with Crippen LogP contribution in [0.25, 0.3) is 10.9 Å². The number of nitrogens with zero attached hydrogens (tertiary/aromatic N) is 2. The van der Waals surface area contributed by atoms with Gasteiger partial charge in [0.1, 0.15) is 0 Å². The van der Waals surface area contributed by atoms with Gasteiger partial charge in [0, 0.05) is 30.7 Å². The average molecular weight is 617 g/mol. The highest BCUT2D eigenvalue weighted by Gasteiger charge is 2.37. The molecule has 1 aromatic heterocycles. The standard InChI is InChI=1S/C26H25Cl2F3N4O4S/c1-3-8-32-17-7-9-34(13-17)14-19-20(26(29,30)31)11-18-23(22(19)28)33-25(37)35(24(18)36)12-15-10-16(27)5-6-21(15)40(38,39)4-2/h1,5-6,10-11,17,32H,4,7-9,12-14H2,2H3,(H,33,37). The maximum Gasteiger partial charge on any atom is 0.416 e. The van der Waals surface area contributed by atoms with Crippen LogP contribution in [0.2, 0.25) is 10.0 Å². The zero-order valence-electron chi connectivity index (χ0n) is 21.2. The second-order valence-corrected chi connectivity index (χ2v) is 12.5. The van der Waals surface area contributed by atoms with E-state index in [0.717, 1.165) is 0 Å². The largest absolute Gasteiger partial charge is 0.416 e. The molecule has 0 spiro atoms. The van der Waals surface area contributed by atoms with Crippen molar-refractivity contribution in [2.75, 3.05) is 25.4 Å². The Labute approximate surface area is 238 Å². The molecule has 2 aromatic carbocycles.